The van der Waals surface area contributed by atoms with Gasteiger partial charge in [-0.2, -0.15) is 26.3 Å². The highest BCUT2D eigenvalue weighted by atomic mass is 19.4. The number of alkyl halides is 6. The maximum absolute atomic E-state index is 15.3. The van der Waals surface area contributed by atoms with Gasteiger partial charge in [0.25, 0.3) is 5.91 Å². The molecule has 1 amide bonds. The number of amides is 1. The van der Waals surface area contributed by atoms with Crippen LogP contribution in [0, 0.1) is 23.3 Å². The smallest absolute Gasteiger partial charge is 0.394 e. The molecule has 1 aromatic carbocycles. The fourth-order valence-electron chi connectivity index (χ4n) is 4.54. The number of aromatic nitrogens is 2. The van der Waals surface area contributed by atoms with E-state index in [0.717, 1.165) is 0 Å². The van der Waals surface area contributed by atoms with Gasteiger partial charge in [0, 0.05) is 24.9 Å². The van der Waals surface area contributed by atoms with Crippen molar-refractivity contribution >= 4 is 22.8 Å². The molecule has 1 fully saturated rings. The van der Waals surface area contributed by atoms with Gasteiger partial charge < -0.3 is 15.3 Å². The molecular weight excluding hydrogens is 582 g/mol. The number of benzene rings is 1. The Morgan fingerprint density at radius 1 is 1.00 bits per heavy atom. The lowest BCUT2D eigenvalue weighted by Gasteiger charge is -2.35. The van der Waals surface area contributed by atoms with E-state index in [-0.39, 0.29) is 29.4 Å². The number of piperidine rings is 1. The summed E-state index contributed by atoms with van der Waals surface area (Å²) in [6.07, 6.45) is -10.3. The summed E-state index contributed by atoms with van der Waals surface area (Å²) in [5.41, 5.74) is -5.09. The van der Waals surface area contributed by atoms with Crippen molar-refractivity contribution in [1.82, 2.24) is 14.9 Å². The summed E-state index contributed by atoms with van der Waals surface area (Å²) in [4.78, 5) is 30.9. The molecule has 3 heterocycles. The van der Waals surface area contributed by atoms with E-state index in [4.69, 9.17) is 0 Å². The van der Waals surface area contributed by atoms with Crippen LogP contribution in [0.15, 0.2) is 29.2 Å². The number of rotatable bonds is 5. The maximum Gasteiger partial charge on any atom is 0.417 e. The fourth-order valence-corrected chi connectivity index (χ4v) is 4.54. The average molecular weight is 600 g/mol. The van der Waals surface area contributed by atoms with Gasteiger partial charge in [-0.25, -0.2) is 22.5 Å². The molecule has 0 spiro atoms. The van der Waals surface area contributed by atoms with Gasteiger partial charge in [0.15, 0.2) is 28.9 Å². The van der Waals surface area contributed by atoms with Crippen molar-refractivity contribution in [3.8, 4) is 5.69 Å². The molecule has 3 aromatic rings. The Morgan fingerprint density at radius 3 is 2.17 bits per heavy atom. The Labute approximate surface area is 223 Å². The predicted molar refractivity (Wildman–Crippen MR) is 123 cm³/mol. The van der Waals surface area contributed by atoms with E-state index >= 15 is 4.39 Å². The molecular formula is C24H18F10N4O3. The highest BCUT2D eigenvalue weighted by Crippen LogP contribution is 2.34. The summed E-state index contributed by atoms with van der Waals surface area (Å²) in [6.45, 7) is -0.299. The summed E-state index contributed by atoms with van der Waals surface area (Å²) < 4.78 is 137. The van der Waals surface area contributed by atoms with Crippen LogP contribution < -0.4 is 15.6 Å². The lowest BCUT2D eigenvalue weighted by Crippen LogP contribution is -2.55. The molecule has 0 unspecified atom stereocenters. The summed E-state index contributed by atoms with van der Waals surface area (Å²) in [6, 6.07) is -4.31. The Morgan fingerprint density at radius 2 is 1.61 bits per heavy atom. The van der Waals surface area contributed by atoms with Crippen molar-refractivity contribution in [3.63, 3.8) is 0 Å². The molecule has 0 saturated carbocycles. The largest absolute Gasteiger partial charge is 0.417 e. The molecule has 2 N–H and O–H groups in total. The van der Waals surface area contributed by atoms with Gasteiger partial charge in [-0.3, -0.25) is 14.2 Å². The van der Waals surface area contributed by atoms with Crippen molar-refractivity contribution in [3.05, 3.63) is 63.5 Å². The number of halogens is 10. The third-order valence-corrected chi connectivity index (χ3v) is 6.42. The number of carbonyl (C=O) groups is 1. The van der Waals surface area contributed by atoms with Gasteiger partial charge in [0.05, 0.1) is 18.0 Å². The molecule has 1 saturated heterocycles. The number of aliphatic hydroxyl groups is 1. The number of nitrogens with zero attached hydrogens (tertiary/aromatic N) is 3. The molecule has 0 radical (unpaired) electrons. The third kappa shape index (κ3) is 5.80. The zero-order valence-electron chi connectivity index (χ0n) is 20.4. The highest BCUT2D eigenvalue weighted by Gasteiger charge is 2.57. The Bertz CT molecular complexity index is 1520. The first kappa shape index (κ1) is 30.1. The van der Waals surface area contributed by atoms with E-state index in [9.17, 15) is 54.2 Å². The van der Waals surface area contributed by atoms with Crippen molar-refractivity contribution in [2.75, 3.05) is 18.1 Å². The number of nitrogens with one attached hydrogen (secondary N) is 1. The van der Waals surface area contributed by atoms with Gasteiger partial charge in [-0.05, 0) is 25.3 Å². The Hall–Kier alpha value is -3.89. The molecule has 2 aromatic heterocycles. The summed E-state index contributed by atoms with van der Waals surface area (Å²) in [7, 11) is 0. The van der Waals surface area contributed by atoms with E-state index < -0.39 is 93.8 Å². The van der Waals surface area contributed by atoms with E-state index in [1.54, 1.807) is 0 Å². The molecule has 0 aliphatic carbocycles. The number of carbonyl (C=O) groups excluding carboxylic acids is 1. The Balaban J connectivity index is 2.00. The van der Waals surface area contributed by atoms with Gasteiger partial charge in [-0.15, -0.1) is 0 Å². The zero-order chi connectivity index (χ0) is 30.4. The van der Waals surface area contributed by atoms with Crippen LogP contribution in [-0.2, 0) is 0 Å². The lowest BCUT2D eigenvalue weighted by molar-refractivity contribution is -0.255. The molecule has 222 valence electrons. The fraction of sp³-hybridized carbons (Fsp3) is 0.375. The molecule has 7 nitrogen and oxygen atoms in total. The van der Waals surface area contributed by atoms with Crippen LogP contribution >= 0.6 is 0 Å². The second-order valence-corrected chi connectivity index (χ2v) is 9.14. The second-order valence-electron chi connectivity index (χ2n) is 9.14. The van der Waals surface area contributed by atoms with Gasteiger partial charge in [0.2, 0.25) is 11.5 Å². The lowest BCUT2D eigenvalue weighted by atomic mass is 10.0. The molecule has 4 rings (SSSR count). The number of anilines is 1. The summed E-state index contributed by atoms with van der Waals surface area (Å²) >= 11 is 0. The number of fused-ring (bicyclic) bond motifs is 1. The standard InChI is InChI=1S/C24H18F10N4O3/c25-10-5-14(26)17(15(27)6-10)38-8-13(21(41)36-22(23(29,30)31)24(32,33)34)18(40)12-7-16(28)20(35-19(12)38)37-4-2-1-3-11(37)9-39/h5-8,11,22,39H,1-4,9H2,(H,36,41)/t11-/m1/s1. The molecule has 41 heavy (non-hydrogen) atoms. The predicted octanol–water partition coefficient (Wildman–Crippen LogP) is 4.52. The molecule has 1 aliphatic rings. The molecule has 1 atom stereocenters. The summed E-state index contributed by atoms with van der Waals surface area (Å²) in [5.74, 6) is -8.75. The molecule has 17 heteroatoms. The van der Waals surface area contributed by atoms with Crippen LogP contribution in [0.4, 0.5) is 49.7 Å². The van der Waals surface area contributed by atoms with Crippen LogP contribution in [0.2, 0.25) is 0 Å². The maximum atomic E-state index is 15.3. The Kier molecular flexibility index (Phi) is 7.95. The van der Waals surface area contributed by atoms with Crippen LogP contribution in [0.3, 0.4) is 0 Å². The number of aliphatic hydroxyl groups excluding tert-OH is 1. The quantitative estimate of drug-likeness (QED) is 0.421. The molecule has 1 aliphatic heterocycles. The minimum Gasteiger partial charge on any atom is -0.394 e. The number of pyridine rings is 2. The average Bonchev–Trinajstić information content (AvgIpc) is 2.86. The SMILES string of the molecule is O=C(NC(C(F)(F)F)C(F)(F)F)c1cn(-c2c(F)cc(F)cc2F)c2nc(N3CCCC[C@@H]3CO)c(F)cc2c1=O. The van der Waals surface area contributed by atoms with Crippen molar-refractivity contribution < 1.29 is 53.8 Å². The normalized spacial score (nSPS) is 16.5. The van der Waals surface area contributed by atoms with E-state index in [1.165, 1.54) is 4.90 Å². The van der Waals surface area contributed by atoms with Gasteiger partial charge in [0.1, 0.15) is 17.1 Å². The van der Waals surface area contributed by atoms with Crippen molar-refractivity contribution in [2.45, 2.75) is 43.7 Å². The van der Waals surface area contributed by atoms with Crippen LogP contribution in [0.1, 0.15) is 29.6 Å². The van der Waals surface area contributed by atoms with E-state index in [2.05, 4.69) is 4.98 Å². The first-order chi connectivity index (χ1) is 19.0. The minimum absolute atomic E-state index is 0.154. The summed E-state index contributed by atoms with van der Waals surface area (Å²) in [5, 5.41) is 9.38. The number of hydrogen-bond acceptors (Lipinski definition) is 5. The minimum atomic E-state index is -6.06. The first-order valence-electron chi connectivity index (χ1n) is 11.8. The third-order valence-electron chi connectivity index (χ3n) is 6.42. The topological polar surface area (TPSA) is 87.5 Å². The van der Waals surface area contributed by atoms with Crippen LogP contribution in [0.25, 0.3) is 16.7 Å². The number of hydrogen-bond donors (Lipinski definition) is 2. The first-order valence-corrected chi connectivity index (χ1v) is 11.8. The van der Waals surface area contributed by atoms with Gasteiger partial charge in [-0.1, -0.05) is 0 Å². The zero-order valence-corrected chi connectivity index (χ0v) is 20.4. The second kappa shape index (κ2) is 10.8. The van der Waals surface area contributed by atoms with Crippen molar-refractivity contribution in [2.24, 2.45) is 0 Å². The van der Waals surface area contributed by atoms with Crippen LogP contribution in [0.5, 0.6) is 0 Å². The van der Waals surface area contributed by atoms with E-state index in [0.29, 0.717) is 30.6 Å². The van der Waals surface area contributed by atoms with Crippen molar-refractivity contribution in [1.29, 1.82) is 0 Å². The monoisotopic (exact) mass is 600 g/mol. The van der Waals surface area contributed by atoms with E-state index in [1.807, 2.05) is 0 Å². The van der Waals surface area contributed by atoms with Crippen LogP contribution in [-0.4, -0.2) is 58.2 Å². The molecule has 0 bridgehead atoms. The van der Waals surface area contributed by atoms with Gasteiger partial charge >= 0.3 is 12.4 Å². The highest BCUT2D eigenvalue weighted by molar-refractivity contribution is 5.97.